The van der Waals surface area contributed by atoms with Crippen LogP contribution in [0.3, 0.4) is 0 Å². The van der Waals surface area contributed by atoms with Crippen LogP contribution in [0.4, 0.5) is 11.4 Å². The Morgan fingerprint density at radius 1 is 1.41 bits per heavy atom. The lowest BCUT2D eigenvalue weighted by Gasteiger charge is -2.23. The predicted molar refractivity (Wildman–Crippen MR) is 63.4 cm³/mol. The molecule has 92 valence electrons. The fourth-order valence-corrected chi connectivity index (χ4v) is 1.34. The number of hydrogen-bond acceptors (Lipinski definition) is 4. The second-order valence-corrected chi connectivity index (χ2v) is 4.67. The zero-order chi connectivity index (χ0) is 13.2. The topological polar surface area (TPSA) is 92.5 Å². The number of hydrogen-bond donors (Lipinski definition) is 2. The van der Waals surface area contributed by atoms with E-state index in [1.807, 2.05) is 20.8 Å². The highest BCUT2D eigenvalue weighted by Crippen LogP contribution is 2.24. The summed E-state index contributed by atoms with van der Waals surface area (Å²) in [4.78, 5) is 21.0. The molecule has 2 N–H and O–H groups in total. The molecule has 0 aliphatic carbocycles. The number of benzene rings is 1. The van der Waals surface area contributed by atoms with Crippen molar-refractivity contribution >= 4 is 17.3 Å². The summed E-state index contributed by atoms with van der Waals surface area (Å²) in [5.74, 6) is -1.19. The zero-order valence-electron chi connectivity index (χ0n) is 9.85. The van der Waals surface area contributed by atoms with Crippen LogP contribution in [-0.2, 0) is 0 Å². The van der Waals surface area contributed by atoms with E-state index in [-0.39, 0.29) is 16.8 Å². The number of carboxylic acid groups (broad SMARTS) is 1. The molecule has 0 aromatic heterocycles. The number of carboxylic acids is 1. The Morgan fingerprint density at radius 2 is 2.00 bits per heavy atom. The Labute approximate surface area is 98.4 Å². The van der Waals surface area contributed by atoms with Gasteiger partial charge in [-0.25, -0.2) is 4.79 Å². The third-order valence-electron chi connectivity index (χ3n) is 1.95. The van der Waals surface area contributed by atoms with Gasteiger partial charge in [0.25, 0.3) is 5.69 Å². The third kappa shape index (κ3) is 3.44. The van der Waals surface area contributed by atoms with Crippen molar-refractivity contribution in [1.82, 2.24) is 0 Å². The third-order valence-corrected chi connectivity index (χ3v) is 1.95. The molecule has 0 atom stereocenters. The van der Waals surface area contributed by atoms with Gasteiger partial charge < -0.3 is 10.4 Å². The average Bonchev–Trinajstić information content (AvgIpc) is 2.14. The van der Waals surface area contributed by atoms with Gasteiger partial charge in [0.15, 0.2) is 0 Å². The number of carbonyl (C=O) groups is 1. The van der Waals surface area contributed by atoms with E-state index >= 15 is 0 Å². The van der Waals surface area contributed by atoms with Crippen molar-refractivity contribution in [2.75, 3.05) is 5.32 Å². The molecule has 1 aromatic carbocycles. The van der Waals surface area contributed by atoms with Gasteiger partial charge >= 0.3 is 5.97 Å². The molecule has 17 heavy (non-hydrogen) atoms. The summed E-state index contributed by atoms with van der Waals surface area (Å²) in [6, 6.07) is 3.74. The molecule has 0 heterocycles. The van der Waals surface area contributed by atoms with Crippen LogP contribution in [-0.4, -0.2) is 21.5 Å². The van der Waals surface area contributed by atoms with E-state index in [1.54, 1.807) is 0 Å². The largest absolute Gasteiger partial charge is 0.478 e. The Balaban J connectivity index is 3.23. The molecular formula is C11H14N2O4. The van der Waals surface area contributed by atoms with E-state index in [0.29, 0.717) is 5.69 Å². The second-order valence-electron chi connectivity index (χ2n) is 4.67. The van der Waals surface area contributed by atoms with Crippen LogP contribution in [0, 0.1) is 10.1 Å². The van der Waals surface area contributed by atoms with E-state index in [9.17, 15) is 14.9 Å². The smallest absolute Gasteiger partial charge is 0.338 e. The lowest BCUT2D eigenvalue weighted by molar-refractivity contribution is -0.384. The Hall–Kier alpha value is -2.11. The maximum Gasteiger partial charge on any atom is 0.338 e. The first-order valence-corrected chi connectivity index (χ1v) is 5.00. The highest BCUT2D eigenvalue weighted by atomic mass is 16.6. The van der Waals surface area contributed by atoms with Gasteiger partial charge in [-0.1, -0.05) is 0 Å². The molecule has 0 aliphatic heterocycles. The van der Waals surface area contributed by atoms with Gasteiger partial charge in [-0.15, -0.1) is 0 Å². The van der Waals surface area contributed by atoms with Crippen molar-refractivity contribution < 1.29 is 14.8 Å². The molecule has 0 saturated carbocycles. The number of aromatic carboxylic acids is 1. The van der Waals surface area contributed by atoms with Crippen LogP contribution >= 0.6 is 0 Å². The number of anilines is 1. The molecule has 0 unspecified atom stereocenters. The molecule has 6 heteroatoms. The molecule has 0 spiro atoms. The lowest BCUT2D eigenvalue weighted by Crippen LogP contribution is -2.27. The molecule has 0 radical (unpaired) electrons. The molecule has 0 saturated heterocycles. The van der Waals surface area contributed by atoms with Crippen LogP contribution in [0.5, 0.6) is 0 Å². The van der Waals surface area contributed by atoms with Crippen LogP contribution < -0.4 is 5.32 Å². The minimum atomic E-state index is -1.19. The average molecular weight is 238 g/mol. The van der Waals surface area contributed by atoms with Crippen molar-refractivity contribution in [2.45, 2.75) is 26.3 Å². The summed E-state index contributed by atoms with van der Waals surface area (Å²) < 4.78 is 0. The van der Waals surface area contributed by atoms with E-state index in [0.717, 1.165) is 6.07 Å². The van der Waals surface area contributed by atoms with Gasteiger partial charge in [0.05, 0.1) is 10.5 Å². The quantitative estimate of drug-likeness (QED) is 0.623. The molecule has 0 fully saturated rings. The predicted octanol–water partition coefficient (Wildman–Crippen LogP) is 2.50. The molecule has 0 aliphatic rings. The Kier molecular flexibility index (Phi) is 3.36. The van der Waals surface area contributed by atoms with Crippen molar-refractivity contribution in [3.63, 3.8) is 0 Å². The fraction of sp³-hybridized carbons (Fsp3) is 0.364. The summed E-state index contributed by atoms with van der Waals surface area (Å²) in [6.07, 6.45) is 0. The monoisotopic (exact) mass is 238 g/mol. The number of non-ortho nitro benzene ring substituents is 1. The van der Waals surface area contributed by atoms with Crippen molar-refractivity contribution in [1.29, 1.82) is 0 Å². The molecule has 6 nitrogen and oxygen atoms in total. The normalized spacial score (nSPS) is 11.0. The van der Waals surface area contributed by atoms with Gasteiger partial charge in [0, 0.05) is 23.4 Å². The minimum Gasteiger partial charge on any atom is -0.478 e. The van der Waals surface area contributed by atoms with E-state index in [1.165, 1.54) is 12.1 Å². The summed E-state index contributed by atoms with van der Waals surface area (Å²) >= 11 is 0. The first-order valence-electron chi connectivity index (χ1n) is 5.00. The van der Waals surface area contributed by atoms with E-state index in [2.05, 4.69) is 5.32 Å². The van der Waals surface area contributed by atoms with Crippen LogP contribution in [0.15, 0.2) is 18.2 Å². The van der Waals surface area contributed by atoms with Crippen molar-refractivity contribution in [3.05, 3.63) is 33.9 Å². The van der Waals surface area contributed by atoms with Gasteiger partial charge in [0.2, 0.25) is 0 Å². The SMILES string of the molecule is CC(C)(C)Nc1ccc([N+](=O)[O-])cc1C(=O)O. The molecule has 0 bridgehead atoms. The van der Waals surface area contributed by atoms with Crippen molar-refractivity contribution in [3.8, 4) is 0 Å². The summed E-state index contributed by atoms with van der Waals surface area (Å²) in [6.45, 7) is 5.63. The molecule has 1 rings (SSSR count). The number of nitro benzene ring substituents is 1. The minimum absolute atomic E-state index is 0.103. The number of nitro groups is 1. The summed E-state index contributed by atoms with van der Waals surface area (Å²) in [7, 11) is 0. The summed E-state index contributed by atoms with van der Waals surface area (Å²) in [5, 5.41) is 22.6. The van der Waals surface area contributed by atoms with Gasteiger partial charge in [-0.3, -0.25) is 10.1 Å². The maximum atomic E-state index is 11.0. The first kappa shape index (κ1) is 13.0. The van der Waals surface area contributed by atoms with Crippen LogP contribution in [0.1, 0.15) is 31.1 Å². The number of nitrogens with zero attached hydrogens (tertiary/aromatic N) is 1. The van der Waals surface area contributed by atoms with Crippen LogP contribution in [0.2, 0.25) is 0 Å². The number of rotatable bonds is 3. The Morgan fingerprint density at radius 3 is 2.41 bits per heavy atom. The highest BCUT2D eigenvalue weighted by Gasteiger charge is 2.19. The standard InChI is InChI=1S/C11H14N2O4/c1-11(2,3)12-9-5-4-7(13(16)17)6-8(9)10(14)15/h4-6,12H,1-3H3,(H,14,15). The van der Waals surface area contributed by atoms with E-state index in [4.69, 9.17) is 5.11 Å². The lowest BCUT2D eigenvalue weighted by atomic mass is 10.1. The highest BCUT2D eigenvalue weighted by molar-refractivity contribution is 5.95. The van der Waals surface area contributed by atoms with Crippen molar-refractivity contribution in [2.24, 2.45) is 0 Å². The first-order chi connectivity index (χ1) is 7.70. The molecule has 1 aromatic rings. The van der Waals surface area contributed by atoms with Gasteiger partial charge in [0.1, 0.15) is 0 Å². The Bertz CT molecular complexity index is 463. The zero-order valence-corrected chi connectivity index (χ0v) is 9.85. The molecular weight excluding hydrogens is 224 g/mol. The van der Waals surface area contributed by atoms with Crippen LogP contribution in [0.25, 0.3) is 0 Å². The molecule has 0 amide bonds. The number of nitrogens with one attached hydrogen (secondary N) is 1. The van der Waals surface area contributed by atoms with Gasteiger partial charge in [-0.05, 0) is 26.8 Å². The van der Waals surface area contributed by atoms with E-state index < -0.39 is 10.9 Å². The van der Waals surface area contributed by atoms with Gasteiger partial charge in [-0.2, -0.15) is 0 Å². The fourth-order valence-electron chi connectivity index (χ4n) is 1.34. The second kappa shape index (κ2) is 4.40. The summed E-state index contributed by atoms with van der Waals surface area (Å²) in [5.41, 5.74) is -0.285. The maximum absolute atomic E-state index is 11.0.